The van der Waals surface area contributed by atoms with E-state index in [1.165, 1.54) is 47.0 Å². The molecule has 170 valence electrons. The Kier molecular flexibility index (Phi) is 7.15. The number of aromatic nitrogens is 1. The zero-order valence-electron chi connectivity index (χ0n) is 17.3. The lowest BCUT2D eigenvalue weighted by molar-refractivity contribution is -0.384. The Balaban J connectivity index is 1.50. The Morgan fingerprint density at radius 1 is 1.28 bits per heavy atom. The van der Waals surface area contributed by atoms with E-state index in [1.54, 1.807) is 6.92 Å². The van der Waals surface area contributed by atoms with E-state index in [0.717, 1.165) is 0 Å². The Bertz CT molecular complexity index is 1110. The molecule has 0 bridgehead atoms. The predicted molar refractivity (Wildman–Crippen MR) is 113 cm³/mol. The summed E-state index contributed by atoms with van der Waals surface area (Å²) in [5.41, 5.74) is 0.711. The predicted octanol–water partition coefficient (Wildman–Crippen LogP) is 1.88. The summed E-state index contributed by atoms with van der Waals surface area (Å²) >= 11 is 0. The van der Waals surface area contributed by atoms with Crippen molar-refractivity contribution in [2.75, 3.05) is 25.0 Å². The molecule has 1 aromatic heterocycles. The van der Waals surface area contributed by atoms with Gasteiger partial charge in [0.15, 0.2) is 6.61 Å². The summed E-state index contributed by atoms with van der Waals surface area (Å²) in [6.45, 7) is 1.43. The maximum Gasteiger partial charge on any atom is 0.309 e. The van der Waals surface area contributed by atoms with Crippen LogP contribution in [0.2, 0.25) is 0 Å². The van der Waals surface area contributed by atoms with Gasteiger partial charge in [0, 0.05) is 37.6 Å². The second-order valence-electron chi connectivity index (χ2n) is 7.28. The fraction of sp³-hybridized carbons (Fsp3) is 0.350. The molecule has 0 spiro atoms. The third-order valence-corrected chi connectivity index (χ3v) is 6.99. The number of sulfonamides is 1. The van der Waals surface area contributed by atoms with Crippen molar-refractivity contribution in [2.24, 2.45) is 5.92 Å². The fourth-order valence-electron chi connectivity index (χ4n) is 3.28. The quantitative estimate of drug-likeness (QED) is 0.372. The number of nitrogens with one attached hydrogen (secondary N) is 1. The Morgan fingerprint density at radius 2 is 2.00 bits per heavy atom. The van der Waals surface area contributed by atoms with Gasteiger partial charge in [-0.3, -0.25) is 24.7 Å². The molecule has 2 aromatic rings. The number of benzene rings is 1. The zero-order valence-corrected chi connectivity index (χ0v) is 18.1. The summed E-state index contributed by atoms with van der Waals surface area (Å²) in [5.74, 6) is -1.74. The molecule has 32 heavy (non-hydrogen) atoms. The molecule has 1 fully saturated rings. The molecular weight excluding hydrogens is 440 g/mol. The first kappa shape index (κ1) is 23.3. The average molecular weight is 462 g/mol. The van der Waals surface area contributed by atoms with E-state index in [9.17, 15) is 28.1 Å². The minimum absolute atomic E-state index is 0.0918. The van der Waals surface area contributed by atoms with Crippen LogP contribution in [-0.2, 0) is 24.3 Å². The largest absolute Gasteiger partial charge is 0.455 e. The normalized spacial score (nSPS) is 15.2. The summed E-state index contributed by atoms with van der Waals surface area (Å²) in [6.07, 6.45) is 3.29. The molecular formula is C20H22N4O7S. The Hall–Kier alpha value is -3.38. The standard InChI is InChI=1S/C20H22N4O7S/c1-14-4-5-16(24(27)28)11-18(14)22-19(25)13-31-20(26)15-6-9-23(10-7-15)32(29,30)17-3-2-8-21-12-17/h2-5,8,11-12,15H,6-7,9-10,13H2,1H3,(H,22,25). The van der Waals surface area contributed by atoms with Crippen molar-refractivity contribution in [2.45, 2.75) is 24.7 Å². The van der Waals surface area contributed by atoms with Crippen LogP contribution in [-0.4, -0.2) is 54.2 Å². The van der Waals surface area contributed by atoms with Crippen LogP contribution < -0.4 is 5.32 Å². The van der Waals surface area contributed by atoms with Crippen LogP contribution in [0.1, 0.15) is 18.4 Å². The summed E-state index contributed by atoms with van der Waals surface area (Å²) in [4.78, 5) is 38.7. The minimum Gasteiger partial charge on any atom is -0.455 e. The smallest absolute Gasteiger partial charge is 0.309 e. The molecule has 1 amide bonds. The number of esters is 1. The van der Waals surface area contributed by atoms with Crippen molar-refractivity contribution >= 4 is 33.3 Å². The van der Waals surface area contributed by atoms with Gasteiger partial charge in [0.1, 0.15) is 4.90 Å². The Labute approximate surface area is 184 Å². The number of hydrogen-bond acceptors (Lipinski definition) is 8. The average Bonchev–Trinajstić information content (AvgIpc) is 2.79. The van der Waals surface area contributed by atoms with Crippen LogP contribution in [0.4, 0.5) is 11.4 Å². The van der Waals surface area contributed by atoms with Gasteiger partial charge in [-0.1, -0.05) is 6.07 Å². The van der Waals surface area contributed by atoms with E-state index in [4.69, 9.17) is 4.74 Å². The van der Waals surface area contributed by atoms with Gasteiger partial charge in [0.25, 0.3) is 11.6 Å². The minimum atomic E-state index is -3.68. The second kappa shape index (κ2) is 9.83. The number of pyridine rings is 1. The van der Waals surface area contributed by atoms with Gasteiger partial charge in [-0.15, -0.1) is 0 Å². The first-order chi connectivity index (χ1) is 15.2. The van der Waals surface area contributed by atoms with E-state index in [-0.39, 0.29) is 42.2 Å². The van der Waals surface area contributed by atoms with Crippen molar-refractivity contribution in [3.63, 3.8) is 0 Å². The van der Waals surface area contributed by atoms with Crippen molar-refractivity contribution < 1.29 is 27.7 Å². The maximum atomic E-state index is 12.6. The van der Waals surface area contributed by atoms with Crippen molar-refractivity contribution in [3.05, 3.63) is 58.4 Å². The molecule has 0 aliphatic carbocycles. The number of carbonyl (C=O) groups excluding carboxylic acids is 2. The SMILES string of the molecule is Cc1ccc([N+](=O)[O-])cc1NC(=O)COC(=O)C1CCN(S(=O)(=O)c2cccnc2)CC1. The number of hydrogen-bond donors (Lipinski definition) is 1. The highest BCUT2D eigenvalue weighted by molar-refractivity contribution is 7.89. The number of carbonyl (C=O) groups is 2. The molecule has 1 aromatic carbocycles. The van der Waals surface area contributed by atoms with Crippen LogP contribution >= 0.6 is 0 Å². The fourth-order valence-corrected chi connectivity index (χ4v) is 4.71. The number of rotatable bonds is 7. The third-order valence-electron chi connectivity index (χ3n) is 5.11. The number of nitrogens with zero attached hydrogens (tertiary/aromatic N) is 3. The van der Waals surface area contributed by atoms with E-state index in [1.807, 2.05) is 0 Å². The van der Waals surface area contributed by atoms with Crippen LogP contribution in [0, 0.1) is 23.0 Å². The molecule has 3 rings (SSSR count). The zero-order chi connectivity index (χ0) is 23.3. The van der Waals surface area contributed by atoms with Gasteiger partial charge in [0.05, 0.1) is 16.5 Å². The van der Waals surface area contributed by atoms with Crippen molar-refractivity contribution in [3.8, 4) is 0 Å². The highest BCUT2D eigenvalue weighted by Crippen LogP contribution is 2.25. The van der Waals surface area contributed by atoms with E-state index >= 15 is 0 Å². The third kappa shape index (κ3) is 5.45. The molecule has 0 unspecified atom stereocenters. The van der Waals surface area contributed by atoms with E-state index in [0.29, 0.717) is 5.56 Å². The lowest BCUT2D eigenvalue weighted by Gasteiger charge is -2.29. The number of aryl methyl sites for hydroxylation is 1. The topological polar surface area (TPSA) is 149 Å². The summed E-state index contributed by atoms with van der Waals surface area (Å²) in [6, 6.07) is 7.06. The van der Waals surface area contributed by atoms with Gasteiger partial charge in [-0.2, -0.15) is 4.31 Å². The van der Waals surface area contributed by atoms with Gasteiger partial charge in [0.2, 0.25) is 10.0 Å². The van der Waals surface area contributed by atoms with Gasteiger partial charge in [-0.05, 0) is 37.5 Å². The number of amides is 1. The summed E-state index contributed by atoms with van der Waals surface area (Å²) in [7, 11) is -3.68. The molecule has 1 aliphatic rings. The maximum absolute atomic E-state index is 12.6. The van der Waals surface area contributed by atoms with Gasteiger partial charge in [-0.25, -0.2) is 8.42 Å². The van der Waals surface area contributed by atoms with Crippen molar-refractivity contribution in [1.29, 1.82) is 0 Å². The first-order valence-electron chi connectivity index (χ1n) is 9.80. The molecule has 1 aliphatic heterocycles. The first-order valence-corrected chi connectivity index (χ1v) is 11.2. The van der Waals surface area contributed by atoms with E-state index < -0.39 is 39.3 Å². The summed E-state index contributed by atoms with van der Waals surface area (Å²) < 4.78 is 31.6. The number of nitro benzene ring substituents is 1. The molecule has 1 N–H and O–H groups in total. The van der Waals surface area contributed by atoms with Crippen LogP contribution in [0.15, 0.2) is 47.6 Å². The number of anilines is 1. The highest BCUT2D eigenvalue weighted by atomic mass is 32.2. The molecule has 0 saturated carbocycles. The molecule has 11 nitrogen and oxygen atoms in total. The molecule has 2 heterocycles. The highest BCUT2D eigenvalue weighted by Gasteiger charge is 2.33. The number of ether oxygens (including phenoxy) is 1. The Morgan fingerprint density at radius 3 is 2.62 bits per heavy atom. The second-order valence-corrected chi connectivity index (χ2v) is 9.22. The van der Waals surface area contributed by atoms with Gasteiger partial charge >= 0.3 is 5.97 Å². The summed E-state index contributed by atoms with van der Waals surface area (Å²) in [5, 5.41) is 13.4. The lowest BCUT2D eigenvalue weighted by Crippen LogP contribution is -2.41. The molecule has 0 radical (unpaired) electrons. The molecule has 1 saturated heterocycles. The number of nitro groups is 1. The number of piperidine rings is 1. The van der Waals surface area contributed by atoms with Gasteiger partial charge < -0.3 is 10.1 Å². The molecule has 0 atom stereocenters. The monoisotopic (exact) mass is 462 g/mol. The van der Waals surface area contributed by atoms with Crippen LogP contribution in [0.3, 0.4) is 0 Å². The number of non-ortho nitro benzene ring substituents is 1. The van der Waals surface area contributed by atoms with E-state index in [2.05, 4.69) is 10.3 Å². The van der Waals surface area contributed by atoms with Crippen LogP contribution in [0.5, 0.6) is 0 Å². The molecule has 12 heteroatoms. The van der Waals surface area contributed by atoms with Crippen molar-refractivity contribution in [1.82, 2.24) is 9.29 Å². The van der Waals surface area contributed by atoms with Crippen LogP contribution in [0.25, 0.3) is 0 Å². The lowest BCUT2D eigenvalue weighted by atomic mass is 9.98.